The number of carboxylic acid groups (broad SMARTS) is 1. The molecule has 8 nitrogen and oxygen atoms in total. The summed E-state index contributed by atoms with van der Waals surface area (Å²) in [6, 6.07) is 24.1. The zero-order chi connectivity index (χ0) is 27.8. The normalized spacial score (nSPS) is 14.4. The van der Waals surface area contributed by atoms with Gasteiger partial charge in [0.2, 0.25) is 5.91 Å². The van der Waals surface area contributed by atoms with E-state index in [0.717, 1.165) is 27.8 Å². The van der Waals surface area contributed by atoms with Crippen LogP contribution in [-0.2, 0) is 25.7 Å². The van der Waals surface area contributed by atoms with Crippen LogP contribution < -0.4 is 10.6 Å². The number of ether oxygens (including phenoxy) is 2. The monoisotopic (exact) mass is 530 g/mol. The van der Waals surface area contributed by atoms with E-state index in [1.165, 1.54) is 0 Å². The molecule has 3 N–H and O–H groups in total. The van der Waals surface area contributed by atoms with Gasteiger partial charge in [-0.1, -0.05) is 78.9 Å². The average Bonchev–Trinajstić information content (AvgIpc) is 3.26. The number of carbonyl (C=O) groups excluding carboxylic acids is 2. The number of hydrogen-bond donors (Lipinski definition) is 3. The summed E-state index contributed by atoms with van der Waals surface area (Å²) in [6.07, 6.45) is -0.930. The van der Waals surface area contributed by atoms with Crippen LogP contribution >= 0.6 is 0 Å². The maximum Gasteiger partial charge on any atom is 0.407 e. The van der Waals surface area contributed by atoms with Gasteiger partial charge in [-0.3, -0.25) is 4.79 Å². The third-order valence-corrected chi connectivity index (χ3v) is 6.92. The van der Waals surface area contributed by atoms with Gasteiger partial charge in [-0.05, 0) is 48.1 Å². The Morgan fingerprint density at radius 1 is 0.846 bits per heavy atom. The van der Waals surface area contributed by atoms with Gasteiger partial charge in [-0.25, -0.2) is 9.59 Å². The van der Waals surface area contributed by atoms with Crippen molar-refractivity contribution in [1.82, 2.24) is 10.6 Å². The minimum Gasteiger partial charge on any atom is -0.480 e. The molecule has 0 saturated heterocycles. The molecule has 4 rings (SSSR count). The van der Waals surface area contributed by atoms with Gasteiger partial charge in [0.15, 0.2) is 6.04 Å². The van der Waals surface area contributed by atoms with Crippen LogP contribution in [0.4, 0.5) is 4.79 Å². The lowest BCUT2D eigenvalue weighted by Crippen LogP contribution is -2.48. The lowest BCUT2D eigenvalue weighted by atomic mass is 9.98. The van der Waals surface area contributed by atoms with Crippen molar-refractivity contribution in [1.29, 1.82) is 0 Å². The van der Waals surface area contributed by atoms with Crippen LogP contribution in [0.1, 0.15) is 49.3 Å². The fourth-order valence-corrected chi connectivity index (χ4v) is 4.78. The second kappa shape index (κ2) is 13.1. The molecular weight excluding hydrogens is 496 g/mol. The number of amides is 2. The topological polar surface area (TPSA) is 114 Å². The van der Waals surface area contributed by atoms with Gasteiger partial charge in [0.25, 0.3) is 0 Å². The molecule has 0 saturated carbocycles. The first-order valence-electron chi connectivity index (χ1n) is 13.1. The molecule has 1 aliphatic carbocycles. The Kier molecular flexibility index (Phi) is 9.33. The lowest BCUT2D eigenvalue weighted by molar-refractivity contribution is -0.146. The molecule has 0 fully saturated rings. The van der Waals surface area contributed by atoms with Crippen LogP contribution in [-0.4, -0.2) is 47.9 Å². The summed E-state index contributed by atoms with van der Waals surface area (Å²) >= 11 is 0. The maximum atomic E-state index is 12.5. The molecule has 0 aliphatic heterocycles. The molecule has 2 amide bonds. The van der Waals surface area contributed by atoms with Gasteiger partial charge in [0, 0.05) is 18.4 Å². The first-order valence-corrected chi connectivity index (χ1v) is 13.1. The Morgan fingerprint density at radius 2 is 1.44 bits per heavy atom. The predicted octanol–water partition coefficient (Wildman–Crippen LogP) is 4.87. The minimum atomic E-state index is -1.19. The highest BCUT2D eigenvalue weighted by Crippen LogP contribution is 2.44. The summed E-state index contributed by atoms with van der Waals surface area (Å²) in [5.41, 5.74) is 5.48. The summed E-state index contributed by atoms with van der Waals surface area (Å²) in [5.74, 6) is -1.64. The molecule has 204 valence electrons. The Balaban J connectivity index is 1.21. The summed E-state index contributed by atoms with van der Waals surface area (Å²) in [7, 11) is 0. The minimum absolute atomic E-state index is 0.0386. The van der Waals surface area contributed by atoms with Crippen molar-refractivity contribution in [2.75, 3.05) is 6.61 Å². The molecule has 1 aliphatic rings. The number of alkyl carbamates (subject to hydrolysis) is 1. The fraction of sp³-hybridized carbons (Fsp3) is 0.323. The predicted molar refractivity (Wildman–Crippen MR) is 147 cm³/mol. The molecule has 1 unspecified atom stereocenters. The van der Waals surface area contributed by atoms with Gasteiger partial charge >= 0.3 is 12.1 Å². The number of benzene rings is 3. The van der Waals surface area contributed by atoms with Gasteiger partial charge in [-0.2, -0.15) is 0 Å². The highest BCUT2D eigenvalue weighted by molar-refractivity contribution is 5.84. The van der Waals surface area contributed by atoms with Gasteiger partial charge < -0.3 is 25.2 Å². The Bertz CT molecular complexity index is 1250. The molecule has 0 radical (unpaired) electrons. The molecule has 8 heteroatoms. The summed E-state index contributed by atoms with van der Waals surface area (Å²) in [5, 5.41) is 14.9. The number of rotatable bonds is 12. The fourth-order valence-electron chi connectivity index (χ4n) is 4.78. The summed E-state index contributed by atoms with van der Waals surface area (Å²) < 4.78 is 11.2. The second-order valence-electron chi connectivity index (χ2n) is 9.79. The molecule has 39 heavy (non-hydrogen) atoms. The first kappa shape index (κ1) is 27.9. The molecule has 3 aromatic carbocycles. The molecule has 0 aromatic heterocycles. The SMILES string of the molecule is CC(CCC(=O)N[C@H](C(=O)O)[C@@H](C)OCc1ccccc1)NC(=O)OCC1c2ccccc2-c2ccccc21. The van der Waals surface area contributed by atoms with Gasteiger partial charge in [0.05, 0.1) is 12.7 Å². The highest BCUT2D eigenvalue weighted by Gasteiger charge is 2.30. The van der Waals surface area contributed by atoms with Crippen LogP contribution in [0.3, 0.4) is 0 Å². The molecule has 3 atom stereocenters. The van der Waals surface area contributed by atoms with E-state index in [9.17, 15) is 19.5 Å². The van der Waals surface area contributed by atoms with E-state index in [2.05, 4.69) is 34.9 Å². The first-order chi connectivity index (χ1) is 18.8. The van der Waals surface area contributed by atoms with E-state index < -0.39 is 30.1 Å². The number of carbonyl (C=O) groups is 3. The lowest BCUT2D eigenvalue weighted by Gasteiger charge is -2.22. The van der Waals surface area contributed by atoms with Crippen molar-refractivity contribution in [3.63, 3.8) is 0 Å². The summed E-state index contributed by atoms with van der Waals surface area (Å²) in [6.45, 7) is 3.83. The number of nitrogens with one attached hydrogen (secondary N) is 2. The zero-order valence-corrected chi connectivity index (χ0v) is 22.1. The quantitative estimate of drug-likeness (QED) is 0.308. The molecule has 0 spiro atoms. The van der Waals surface area contributed by atoms with Crippen LogP contribution in [0.25, 0.3) is 11.1 Å². The van der Waals surface area contributed by atoms with Crippen molar-refractivity contribution in [3.05, 3.63) is 95.6 Å². The number of aliphatic carboxylic acids is 1. The van der Waals surface area contributed by atoms with Gasteiger partial charge in [-0.15, -0.1) is 0 Å². The summed E-state index contributed by atoms with van der Waals surface area (Å²) in [4.78, 5) is 36.7. The highest BCUT2D eigenvalue weighted by atomic mass is 16.5. The molecule has 0 bridgehead atoms. The van der Waals surface area contributed by atoms with Crippen molar-refractivity contribution in [2.24, 2.45) is 0 Å². The van der Waals surface area contributed by atoms with E-state index in [-0.39, 0.29) is 31.6 Å². The third kappa shape index (κ3) is 7.23. The van der Waals surface area contributed by atoms with Crippen molar-refractivity contribution in [3.8, 4) is 11.1 Å². The number of carboxylic acids is 1. The Labute approximate surface area is 228 Å². The van der Waals surface area contributed by atoms with Crippen LogP contribution in [0.15, 0.2) is 78.9 Å². The standard InChI is InChI=1S/C31H34N2O6/c1-20(16-17-28(34)33-29(30(35)36)21(2)38-18-22-10-4-3-5-11-22)32-31(37)39-19-27-25-14-8-6-12-23(25)24-13-7-9-15-26(24)27/h3-15,20-21,27,29H,16-19H2,1-2H3,(H,32,37)(H,33,34)(H,35,36)/t20?,21-,29+/m1/s1. The van der Waals surface area contributed by atoms with Crippen LogP contribution in [0.5, 0.6) is 0 Å². The van der Waals surface area contributed by atoms with E-state index in [0.29, 0.717) is 6.42 Å². The third-order valence-electron chi connectivity index (χ3n) is 6.92. The van der Waals surface area contributed by atoms with Crippen molar-refractivity contribution in [2.45, 2.75) is 57.4 Å². The van der Waals surface area contributed by atoms with E-state index in [4.69, 9.17) is 9.47 Å². The maximum absolute atomic E-state index is 12.5. The van der Waals surface area contributed by atoms with Crippen LogP contribution in [0, 0.1) is 0 Å². The van der Waals surface area contributed by atoms with E-state index in [1.807, 2.05) is 54.6 Å². The van der Waals surface area contributed by atoms with Crippen molar-refractivity contribution >= 4 is 18.0 Å². The molecular formula is C31H34N2O6. The van der Waals surface area contributed by atoms with Crippen molar-refractivity contribution < 1.29 is 29.0 Å². The zero-order valence-electron chi connectivity index (χ0n) is 22.1. The van der Waals surface area contributed by atoms with E-state index >= 15 is 0 Å². The number of hydrogen-bond acceptors (Lipinski definition) is 5. The largest absolute Gasteiger partial charge is 0.480 e. The van der Waals surface area contributed by atoms with Crippen LogP contribution in [0.2, 0.25) is 0 Å². The Morgan fingerprint density at radius 3 is 2.05 bits per heavy atom. The van der Waals surface area contributed by atoms with Gasteiger partial charge in [0.1, 0.15) is 6.61 Å². The average molecular weight is 531 g/mol. The smallest absolute Gasteiger partial charge is 0.407 e. The number of fused-ring (bicyclic) bond motifs is 3. The second-order valence-corrected chi connectivity index (χ2v) is 9.79. The Hall–Kier alpha value is -4.17. The molecule has 0 heterocycles. The molecule has 3 aromatic rings. The van der Waals surface area contributed by atoms with E-state index in [1.54, 1.807) is 13.8 Å².